The number of benzene rings is 1. The average molecular weight is 276 g/mol. The van der Waals surface area contributed by atoms with E-state index in [1.165, 1.54) is 0 Å². The molecule has 1 aliphatic rings. The van der Waals surface area contributed by atoms with E-state index in [2.05, 4.69) is 11.8 Å². The number of phenolic OH excluding ortho intramolecular Hbond substituents is 1. The number of carbonyl (C=O) groups is 1. The van der Waals surface area contributed by atoms with E-state index in [1.807, 2.05) is 24.0 Å². The Morgan fingerprint density at radius 3 is 2.35 bits per heavy atom. The maximum Gasteiger partial charge on any atom is 0.225 e. The lowest BCUT2D eigenvalue weighted by Crippen LogP contribution is -2.50. The summed E-state index contributed by atoms with van der Waals surface area (Å²) >= 11 is 0. The highest BCUT2D eigenvalue weighted by molar-refractivity contribution is 5.78. The molecule has 1 aromatic rings. The molecule has 0 aromatic heterocycles. The van der Waals surface area contributed by atoms with Crippen molar-refractivity contribution in [2.45, 2.75) is 26.7 Å². The van der Waals surface area contributed by atoms with Crippen molar-refractivity contribution in [3.63, 3.8) is 0 Å². The third-order valence-corrected chi connectivity index (χ3v) is 3.95. The Kier molecular flexibility index (Phi) is 4.88. The van der Waals surface area contributed by atoms with Crippen LogP contribution in [0, 0.1) is 5.92 Å². The summed E-state index contributed by atoms with van der Waals surface area (Å²) < 4.78 is 0. The van der Waals surface area contributed by atoms with Gasteiger partial charge in [-0.2, -0.15) is 0 Å². The highest BCUT2D eigenvalue weighted by Gasteiger charge is 2.24. The van der Waals surface area contributed by atoms with Gasteiger partial charge in [-0.3, -0.25) is 4.79 Å². The normalized spacial score (nSPS) is 17.1. The van der Waals surface area contributed by atoms with Gasteiger partial charge in [0.1, 0.15) is 5.75 Å². The fourth-order valence-electron chi connectivity index (χ4n) is 2.72. The SMILES string of the molecule is CCCC(C)C(=O)N1CCN(c2ccc(O)cc2)CC1. The zero-order valence-corrected chi connectivity index (χ0v) is 12.4. The van der Waals surface area contributed by atoms with Crippen LogP contribution in [0.5, 0.6) is 5.75 Å². The Morgan fingerprint density at radius 2 is 1.80 bits per heavy atom. The molecule has 20 heavy (non-hydrogen) atoms. The average Bonchev–Trinajstić information content (AvgIpc) is 2.48. The summed E-state index contributed by atoms with van der Waals surface area (Å²) in [5.74, 6) is 0.716. The Balaban J connectivity index is 1.89. The Hall–Kier alpha value is -1.71. The summed E-state index contributed by atoms with van der Waals surface area (Å²) in [6.45, 7) is 7.43. The van der Waals surface area contributed by atoms with Crippen LogP contribution in [-0.4, -0.2) is 42.1 Å². The van der Waals surface area contributed by atoms with Crippen molar-refractivity contribution in [3.8, 4) is 5.75 Å². The number of hydrogen-bond donors (Lipinski definition) is 1. The quantitative estimate of drug-likeness (QED) is 0.919. The number of hydrogen-bond acceptors (Lipinski definition) is 3. The molecule has 1 aliphatic heterocycles. The van der Waals surface area contributed by atoms with Crippen LogP contribution in [0.15, 0.2) is 24.3 Å². The molecule has 1 saturated heterocycles. The molecule has 1 fully saturated rings. The van der Waals surface area contributed by atoms with Crippen molar-refractivity contribution in [2.24, 2.45) is 5.92 Å². The third kappa shape index (κ3) is 3.44. The molecule has 1 atom stereocenters. The van der Waals surface area contributed by atoms with E-state index >= 15 is 0 Å². The smallest absolute Gasteiger partial charge is 0.225 e. The van der Waals surface area contributed by atoms with Crippen molar-refractivity contribution in [2.75, 3.05) is 31.1 Å². The number of piperazine rings is 1. The minimum Gasteiger partial charge on any atom is -0.508 e. The summed E-state index contributed by atoms with van der Waals surface area (Å²) in [4.78, 5) is 16.5. The summed E-state index contributed by atoms with van der Waals surface area (Å²) in [7, 11) is 0. The maximum atomic E-state index is 12.3. The zero-order valence-electron chi connectivity index (χ0n) is 12.4. The van der Waals surface area contributed by atoms with Gasteiger partial charge in [0.2, 0.25) is 5.91 Å². The fraction of sp³-hybridized carbons (Fsp3) is 0.562. The first-order valence-corrected chi connectivity index (χ1v) is 7.44. The largest absolute Gasteiger partial charge is 0.508 e. The molecule has 0 saturated carbocycles. The summed E-state index contributed by atoms with van der Waals surface area (Å²) in [5.41, 5.74) is 1.11. The molecule has 0 bridgehead atoms. The molecule has 0 spiro atoms. The van der Waals surface area contributed by atoms with Gasteiger partial charge in [-0.15, -0.1) is 0 Å². The molecule has 0 radical (unpaired) electrons. The molecule has 110 valence electrons. The van der Waals surface area contributed by atoms with Crippen LogP contribution >= 0.6 is 0 Å². The van der Waals surface area contributed by atoms with Gasteiger partial charge in [-0.05, 0) is 30.7 Å². The van der Waals surface area contributed by atoms with E-state index in [-0.39, 0.29) is 17.6 Å². The van der Waals surface area contributed by atoms with Crippen molar-refractivity contribution >= 4 is 11.6 Å². The van der Waals surface area contributed by atoms with E-state index in [9.17, 15) is 9.90 Å². The van der Waals surface area contributed by atoms with Gasteiger partial charge in [0.15, 0.2) is 0 Å². The Labute approximate surface area is 121 Å². The van der Waals surface area contributed by atoms with Gasteiger partial charge in [0, 0.05) is 37.8 Å². The highest BCUT2D eigenvalue weighted by atomic mass is 16.3. The molecule has 1 heterocycles. The lowest BCUT2D eigenvalue weighted by atomic mass is 10.0. The van der Waals surface area contributed by atoms with Crippen molar-refractivity contribution < 1.29 is 9.90 Å². The number of amides is 1. The van der Waals surface area contributed by atoms with Gasteiger partial charge in [-0.1, -0.05) is 20.3 Å². The maximum absolute atomic E-state index is 12.3. The molecular formula is C16H24N2O2. The lowest BCUT2D eigenvalue weighted by Gasteiger charge is -2.37. The van der Waals surface area contributed by atoms with Crippen LogP contribution < -0.4 is 4.90 Å². The van der Waals surface area contributed by atoms with E-state index < -0.39 is 0 Å². The van der Waals surface area contributed by atoms with Crippen LogP contribution in [0.2, 0.25) is 0 Å². The zero-order chi connectivity index (χ0) is 14.5. The van der Waals surface area contributed by atoms with Gasteiger partial charge < -0.3 is 14.9 Å². The fourth-order valence-corrected chi connectivity index (χ4v) is 2.72. The number of carbonyl (C=O) groups excluding carboxylic acids is 1. The van der Waals surface area contributed by atoms with E-state index in [4.69, 9.17) is 0 Å². The van der Waals surface area contributed by atoms with Gasteiger partial charge in [-0.25, -0.2) is 0 Å². The summed E-state index contributed by atoms with van der Waals surface area (Å²) in [5, 5.41) is 9.31. The molecule has 4 heteroatoms. The summed E-state index contributed by atoms with van der Waals surface area (Å²) in [6.07, 6.45) is 2.03. The number of phenols is 1. The Morgan fingerprint density at radius 1 is 1.20 bits per heavy atom. The third-order valence-electron chi connectivity index (χ3n) is 3.95. The van der Waals surface area contributed by atoms with E-state index in [1.54, 1.807) is 12.1 Å². The van der Waals surface area contributed by atoms with Crippen LogP contribution in [0.1, 0.15) is 26.7 Å². The molecule has 1 N–H and O–H groups in total. The van der Waals surface area contributed by atoms with Crippen molar-refractivity contribution in [3.05, 3.63) is 24.3 Å². The molecule has 2 rings (SSSR count). The van der Waals surface area contributed by atoms with E-state index in [0.29, 0.717) is 0 Å². The second-order valence-electron chi connectivity index (χ2n) is 5.52. The number of nitrogens with zero attached hydrogens (tertiary/aromatic N) is 2. The summed E-state index contributed by atoms with van der Waals surface area (Å²) in [6, 6.07) is 7.26. The van der Waals surface area contributed by atoms with Gasteiger partial charge in [0.05, 0.1) is 0 Å². The number of anilines is 1. The van der Waals surface area contributed by atoms with Crippen LogP contribution in [0.25, 0.3) is 0 Å². The van der Waals surface area contributed by atoms with Crippen LogP contribution in [0.4, 0.5) is 5.69 Å². The minimum atomic E-state index is 0.139. The Bertz CT molecular complexity index is 436. The monoisotopic (exact) mass is 276 g/mol. The van der Waals surface area contributed by atoms with Crippen LogP contribution in [-0.2, 0) is 4.79 Å². The molecule has 1 unspecified atom stereocenters. The van der Waals surface area contributed by atoms with Crippen molar-refractivity contribution in [1.82, 2.24) is 4.90 Å². The molecule has 1 amide bonds. The van der Waals surface area contributed by atoms with E-state index in [0.717, 1.165) is 44.7 Å². The first kappa shape index (κ1) is 14.7. The molecule has 1 aromatic carbocycles. The second kappa shape index (κ2) is 6.64. The van der Waals surface area contributed by atoms with Gasteiger partial charge >= 0.3 is 0 Å². The highest BCUT2D eigenvalue weighted by Crippen LogP contribution is 2.20. The minimum absolute atomic E-state index is 0.139. The predicted molar refractivity (Wildman–Crippen MR) is 81.0 cm³/mol. The second-order valence-corrected chi connectivity index (χ2v) is 5.52. The molecular weight excluding hydrogens is 252 g/mol. The van der Waals surface area contributed by atoms with Crippen molar-refractivity contribution in [1.29, 1.82) is 0 Å². The van der Waals surface area contributed by atoms with Crippen LogP contribution in [0.3, 0.4) is 0 Å². The lowest BCUT2D eigenvalue weighted by molar-refractivity contribution is -0.135. The number of aromatic hydroxyl groups is 1. The molecule has 4 nitrogen and oxygen atoms in total. The first-order chi connectivity index (χ1) is 9.61. The molecule has 0 aliphatic carbocycles. The topological polar surface area (TPSA) is 43.8 Å². The first-order valence-electron chi connectivity index (χ1n) is 7.44. The standard InChI is InChI=1S/C16H24N2O2/c1-3-4-13(2)16(20)18-11-9-17(10-12-18)14-5-7-15(19)8-6-14/h5-8,13,19H,3-4,9-12H2,1-2H3. The van der Waals surface area contributed by atoms with Gasteiger partial charge in [0.25, 0.3) is 0 Å². The number of rotatable bonds is 4. The predicted octanol–water partition coefficient (Wildman–Crippen LogP) is 2.48.